The molecule has 1 unspecified atom stereocenters. The number of thiophene rings is 1. The summed E-state index contributed by atoms with van der Waals surface area (Å²) in [6.07, 6.45) is 0. The molecule has 0 saturated carbocycles. The van der Waals surface area contributed by atoms with Crippen LogP contribution in [0.5, 0.6) is 0 Å². The summed E-state index contributed by atoms with van der Waals surface area (Å²) < 4.78 is 0. The molecule has 0 aliphatic carbocycles. The van der Waals surface area contributed by atoms with Gasteiger partial charge in [0, 0.05) is 5.38 Å². The molecular formula is C10H11N3OS2. The van der Waals surface area contributed by atoms with Crippen LogP contribution in [0, 0.1) is 0 Å². The van der Waals surface area contributed by atoms with Gasteiger partial charge in [0.15, 0.2) is 5.13 Å². The highest BCUT2D eigenvalue weighted by atomic mass is 32.1. The van der Waals surface area contributed by atoms with E-state index in [1.165, 1.54) is 11.3 Å². The van der Waals surface area contributed by atoms with Gasteiger partial charge in [-0.2, -0.15) is 11.3 Å². The minimum Gasteiger partial charge on any atom is -0.375 e. The predicted octanol–water partition coefficient (Wildman–Crippen LogP) is 2.28. The van der Waals surface area contributed by atoms with Crippen LogP contribution < -0.4 is 11.1 Å². The molecule has 0 aliphatic heterocycles. The topological polar surface area (TPSA) is 68.0 Å². The van der Waals surface area contributed by atoms with Crippen molar-refractivity contribution in [1.82, 2.24) is 10.3 Å². The van der Waals surface area contributed by atoms with Crippen molar-refractivity contribution >= 4 is 33.7 Å². The van der Waals surface area contributed by atoms with Gasteiger partial charge in [0.2, 0.25) is 0 Å². The fourth-order valence-corrected chi connectivity index (χ4v) is 2.56. The Hall–Kier alpha value is -1.40. The zero-order valence-corrected chi connectivity index (χ0v) is 10.3. The maximum atomic E-state index is 11.7. The summed E-state index contributed by atoms with van der Waals surface area (Å²) in [5.74, 6) is -0.188. The third-order valence-corrected chi connectivity index (χ3v) is 3.52. The molecule has 4 nitrogen and oxygen atoms in total. The Morgan fingerprint density at radius 3 is 2.94 bits per heavy atom. The number of nitrogens with two attached hydrogens (primary N) is 1. The molecule has 0 spiro atoms. The second kappa shape index (κ2) is 4.63. The van der Waals surface area contributed by atoms with E-state index in [9.17, 15) is 4.79 Å². The second-order valence-corrected chi connectivity index (χ2v) is 4.99. The molecule has 0 bridgehead atoms. The predicted molar refractivity (Wildman–Crippen MR) is 66.7 cm³/mol. The molecule has 0 aromatic carbocycles. The van der Waals surface area contributed by atoms with Crippen LogP contribution in [-0.4, -0.2) is 10.9 Å². The fourth-order valence-electron chi connectivity index (χ4n) is 1.27. The van der Waals surface area contributed by atoms with Gasteiger partial charge in [0.25, 0.3) is 5.91 Å². The highest BCUT2D eigenvalue weighted by molar-refractivity contribution is 7.13. The van der Waals surface area contributed by atoms with E-state index in [4.69, 9.17) is 5.73 Å². The Balaban J connectivity index is 2.03. The van der Waals surface area contributed by atoms with Gasteiger partial charge in [-0.1, -0.05) is 0 Å². The smallest absolute Gasteiger partial charge is 0.271 e. The molecule has 1 amide bonds. The molecule has 84 valence electrons. The summed E-state index contributed by atoms with van der Waals surface area (Å²) in [7, 11) is 0. The van der Waals surface area contributed by atoms with Crippen molar-refractivity contribution in [3.63, 3.8) is 0 Å². The molecule has 2 aromatic heterocycles. The van der Waals surface area contributed by atoms with Crippen LogP contribution in [0.25, 0.3) is 0 Å². The molecular weight excluding hydrogens is 242 g/mol. The van der Waals surface area contributed by atoms with Crippen LogP contribution in [0.2, 0.25) is 0 Å². The summed E-state index contributed by atoms with van der Waals surface area (Å²) in [4.78, 5) is 15.7. The first-order valence-electron chi connectivity index (χ1n) is 4.71. The number of hydrogen-bond donors (Lipinski definition) is 2. The van der Waals surface area contributed by atoms with E-state index < -0.39 is 0 Å². The van der Waals surface area contributed by atoms with Crippen molar-refractivity contribution in [2.75, 3.05) is 5.73 Å². The Morgan fingerprint density at radius 2 is 2.38 bits per heavy atom. The van der Waals surface area contributed by atoms with E-state index in [0.29, 0.717) is 10.8 Å². The third-order valence-electron chi connectivity index (χ3n) is 2.15. The van der Waals surface area contributed by atoms with Gasteiger partial charge >= 0.3 is 0 Å². The van der Waals surface area contributed by atoms with E-state index in [0.717, 1.165) is 5.56 Å². The van der Waals surface area contributed by atoms with Crippen molar-refractivity contribution < 1.29 is 4.79 Å². The van der Waals surface area contributed by atoms with Crippen molar-refractivity contribution in [2.24, 2.45) is 0 Å². The monoisotopic (exact) mass is 253 g/mol. The molecule has 2 rings (SSSR count). The number of carbonyl (C=O) groups is 1. The highest BCUT2D eigenvalue weighted by Crippen LogP contribution is 2.17. The number of thiazole rings is 1. The first-order chi connectivity index (χ1) is 7.66. The average molecular weight is 253 g/mol. The maximum absolute atomic E-state index is 11.7. The number of rotatable bonds is 3. The molecule has 0 fully saturated rings. The van der Waals surface area contributed by atoms with E-state index in [1.807, 2.05) is 23.8 Å². The number of anilines is 1. The van der Waals surface area contributed by atoms with Gasteiger partial charge in [0.1, 0.15) is 5.69 Å². The van der Waals surface area contributed by atoms with Crippen LogP contribution in [0.15, 0.2) is 22.2 Å². The first kappa shape index (κ1) is 11.1. The largest absolute Gasteiger partial charge is 0.375 e. The lowest BCUT2D eigenvalue weighted by Crippen LogP contribution is -2.26. The quantitative estimate of drug-likeness (QED) is 0.881. The second-order valence-electron chi connectivity index (χ2n) is 3.32. The van der Waals surface area contributed by atoms with Gasteiger partial charge in [-0.15, -0.1) is 11.3 Å². The lowest BCUT2D eigenvalue weighted by atomic mass is 10.2. The number of hydrogen-bond acceptors (Lipinski definition) is 5. The Morgan fingerprint density at radius 1 is 1.56 bits per heavy atom. The molecule has 1 atom stereocenters. The standard InChI is InChI=1S/C10H11N3OS2/c1-6(7-2-3-15-4-7)12-9(14)8-5-16-10(11)13-8/h2-6H,1H3,(H2,11,13)(H,12,14). The number of nitrogens with zero attached hydrogens (tertiary/aromatic N) is 1. The van der Waals surface area contributed by atoms with Gasteiger partial charge < -0.3 is 11.1 Å². The Bertz CT molecular complexity index is 478. The highest BCUT2D eigenvalue weighted by Gasteiger charge is 2.13. The zero-order valence-electron chi connectivity index (χ0n) is 8.64. The fraction of sp³-hybridized carbons (Fsp3) is 0.200. The zero-order chi connectivity index (χ0) is 11.5. The summed E-state index contributed by atoms with van der Waals surface area (Å²) in [6.45, 7) is 1.94. The van der Waals surface area contributed by atoms with Gasteiger partial charge in [-0.05, 0) is 29.3 Å². The van der Waals surface area contributed by atoms with Crippen molar-refractivity contribution in [1.29, 1.82) is 0 Å². The Kier molecular flexibility index (Phi) is 3.21. The van der Waals surface area contributed by atoms with Gasteiger partial charge in [-0.3, -0.25) is 4.79 Å². The Labute approximate surface area is 101 Å². The van der Waals surface area contributed by atoms with Crippen molar-refractivity contribution in [2.45, 2.75) is 13.0 Å². The van der Waals surface area contributed by atoms with E-state index in [1.54, 1.807) is 16.7 Å². The summed E-state index contributed by atoms with van der Waals surface area (Å²) in [5, 5.41) is 8.94. The summed E-state index contributed by atoms with van der Waals surface area (Å²) >= 11 is 2.88. The normalized spacial score (nSPS) is 12.3. The molecule has 6 heteroatoms. The van der Waals surface area contributed by atoms with E-state index in [-0.39, 0.29) is 11.9 Å². The number of carbonyl (C=O) groups excluding carboxylic acids is 1. The molecule has 0 radical (unpaired) electrons. The van der Waals surface area contributed by atoms with Crippen molar-refractivity contribution in [3.05, 3.63) is 33.5 Å². The maximum Gasteiger partial charge on any atom is 0.271 e. The third kappa shape index (κ3) is 2.40. The number of nitrogen functional groups attached to an aromatic ring is 1. The van der Waals surface area contributed by atoms with Crippen molar-refractivity contribution in [3.8, 4) is 0 Å². The van der Waals surface area contributed by atoms with Crippen LogP contribution >= 0.6 is 22.7 Å². The molecule has 0 saturated heterocycles. The summed E-state index contributed by atoms with van der Waals surface area (Å²) in [5.41, 5.74) is 6.95. The van der Waals surface area contributed by atoms with E-state index in [2.05, 4.69) is 10.3 Å². The first-order valence-corrected chi connectivity index (χ1v) is 6.53. The average Bonchev–Trinajstić information content (AvgIpc) is 2.87. The molecule has 0 aliphatic rings. The van der Waals surface area contributed by atoms with Crippen LogP contribution in [0.1, 0.15) is 29.0 Å². The number of aromatic nitrogens is 1. The SMILES string of the molecule is CC(NC(=O)c1csc(N)n1)c1ccsc1. The van der Waals surface area contributed by atoms with Gasteiger partial charge in [-0.25, -0.2) is 4.98 Å². The summed E-state index contributed by atoms with van der Waals surface area (Å²) in [6, 6.07) is 1.98. The van der Waals surface area contributed by atoms with Crippen LogP contribution in [0.4, 0.5) is 5.13 Å². The lowest BCUT2D eigenvalue weighted by Gasteiger charge is -2.10. The minimum atomic E-state index is -0.188. The molecule has 2 heterocycles. The number of amides is 1. The number of nitrogens with one attached hydrogen (secondary N) is 1. The minimum absolute atomic E-state index is 0.0123. The van der Waals surface area contributed by atoms with Crippen LogP contribution in [0.3, 0.4) is 0 Å². The van der Waals surface area contributed by atoms with E-state index >= 15 is 0 Å². The lowest BCUT2D eigenvalue weighted by molar-refractivity contribution is 0.0935. The van der Waals surface area contributed by atoms with Crippen LogP contribution in [-0.2, 0) is 0 Å². The molecule has 3 N–H and O–H groups in total. The van der Waals surface area contributed by atoms with Gasteiger partial charge in [0.05, 0.1) is 6.04 Å². The molecule has 16 heavy (non-hydrogen) atoms. The molecule has 2 aromatic rings.